The molecule has 1 aliphatic heterocycles. The van der Waals surface area contributed by atoms with Gasteiger partial charge in [-0.2, -0.15) is 0 Å². The third-order valence-electron chi connectivity index (χ3n) is 6.26. The first kappa shape index (κ1) is 23.4. The van der Waals surface area contributed by atoms with Crippen LogP contribution in [0.15, 0.2) is 54.9 Å². The van der Waals surface area contributed by atoms with E-state index in [-0.39, 0.29) is 30.6 Å². The molecule has 0 fully saturated rings. The molecule has 1 N–H and O–H groups in total. The van der Waals surface area contributed by atoms with Gasteiger partial charge in [0, 0.05) is 37.0 Å². The Labute approximate surface area is 198 Å². The largest absolute Gasteiger partial charge is 0.496 e. The third kappa shape index (κ3) is 4.93. The molecule has 2 aromatic carbocycles. The second kappa shape index (κ2) is 10.0. The Morgan fingerprint density at radius 3 is 2.68 bits per heavy atom. The third-order valence-corrected chi connectivity index (χ3v) is 6.26. The van der Waals surface area contributed by atoms with Crippen LogP contribution in [-0.2, 0) is 35.4 Å². The zero-order valence-corrected chi connectivity index (χ0v) is 19.3. The average molecular weight is 463 g/mol. The summed E-state index contributed by atoms with van der Waals surface area (Å²) in [5.74, 6) is -0.893. The van der Waals surface area contributed by atoms with Crippen molar-refractivity contribution in [1.82, 2.24) is 9.88 Å². The molecule has 3 aromatic rings. The van der Waals surface area contributed by atoms with E-state index in [1.165, 1.54) is 6.07 Å². The van der Waals surface area contributed by atoms with Crippen LogP contribution in [0.25, 0.3) is 11.1 Å². The molecule has 1 atom stereocenters. The van der Waals surface area contributed by atoms with Gasteiger partial charge in [0.25, 0.3) is 0 Å². The number of carboxylic acid groups (broad SMARTS) is 1. The smallest absolute Gasteiger partial charge is 0.307 e. The number of ether oxygens (including phenoxy) is 1. The summed E-state index contributed by atoms with van der Waals surface area (Å²) in [6, 6.07) is 12.1. The van der Waals surface area contributed by atoms with E-state index in [1.807, 2.05) is 19.1 Å². The first-order valence-corrected chi connectivity index (χ1v) is 11.2. The molecule has 1 aliphatic rings. The lowest BCUT2D eigenvalue weighted by molar-refractivity contribution is -0.136. The normalized spacial score (nSPS) is 13.8. The van der Waals surface area contributed by atoms with Gasteiger partial charge in [-0.1, -0.05) is 25.1 Å². The van der Waals surface area contributed by atoms with E-state index in [9.17, 15) is 19.1 Å². The van der Waals surface area contributed by atoms with Crippen LogP contribution < -0.4 is 4.74 Å². The second-order valence-corrected chi connectivity index (χ2v) is 8.63. The highest BCUT2D eigenvalue weighted by molar-refractivity contribution is 5.81. The molecule has 0 bridgehead atoms. The number of carbonyl (C=O) groups excluding carboxylic acids is 1. The van der Waals surface area contributed by atoms with Gasteiger partial charge in [-0.25, -0.2) is 4.39 Å². The zero-order chi connectivity index (χ0) is 24.2. The molecule has 0 spiro atoms. The van der Waals surface area contributed by atoms with E-state index in [1.54, 1.807) is 48.7 Å². The number of rotatable bonds is 7. The standard InChI is InChI=1S/C27H27FN2O4/c1-17(12-19-4-3-10-29-15-19)27(33)30-11-9-21-23(16-30)20(6-7-24(21)28)22-13-18(14-26(31)32)5-8-25(22)34-2/h3-8,10,13,15,17H,9,11-12,14,16H2,1-2H3,(H,31,32). The van der Waals surface area contributed by atoms with Crippen molar-refractivity contribution in [2.45, 2.75) is 32.7 Å². The van der Waals surface area contributed by atoms with Crippen molar-refractivity contribution >= 4 is 11.9 Å². The van der Waals surface area contributed by atoms with Crippen LogP contribution in [0.5, 0.6) is 5.75 Å². The van der Waals surface area contributed by atoms with Gasteiger partial charge in [-0.05, 0) is 64.9 Å². The van der Waals surface area contributed by atoms with Gasteiger partial charge in [0.05, 0.1) is 13.5 Å². The van der Waals surface area contributed by atoms with Crippen LogP contribution in [0.1, 0.15) is 29.2 Å². The Kier molecular flexibility index (Phi) is 6.91. The fourth-order valence-electron chi connectivity index (χ4n) is 4.59. The van der Waals surface area contributed by atoms with E-state index in [0.717, 1.165) is 16.7 Å². The maximum Gasteiger partial charge on any atom is 0.307 e. The molecule has 0 saturated carbocycles. The van der Waals surface area contributed by atoms with E-state index < -0.39 is 5.97 Å². The summed E-state index contributed by atoms with van der Waals surface area (Å²) in [6.07, 6.45) is 4.33. The number of methoxy groups -OCH3 is 1. The fourth-order valence-corrected chi connectivity index (χ4v) is 4.59. The maximum atomic E-state index is 14.8. The molecule has 7 heteroatoms. The molecule has 1 aromatic heterocycles. The number of nitrogens with zero attached hydrogens (tertiary/aromatic N) is 2. The molecule has 34 heavy (non-hydrogen) atoms. The predicted octanol–water partition coefficient (Wildman–Crippen LogP) is 4.29. The number of benzene rings is 2. The minimum atomic E-state index is -0.934. The molecular weight excluding hydrogens is 435 g/mol. The number of hydrogen-bond donors (Lipinski definition) is 1. The fraction of sp³-hybridized carbons (Fsp3) is 0.296. The number of carbonyl (C=O) groups is 2. The highest BCUT2D eigenvalue weighted by atomic mass is 19.1. The van der Waals surface area contributed by atoms with Crippen LogP contribution in [0, 0.1) is 11.7 Å². The van der Waals surface area contributed by atoms with Gasteiger partial charge < -0.3 is 14.7 Å². The van der Waals surface area contributed by atoms with Crippen LogP contribution in [-0.4, -0.2) is 40.5 Å². The Hall–Kier alpha value is -3.74. The van der Waals surface area contributed by atoms with E-state index in [2.05, 4.69) is 4.98 Å². The topological polar surface area (TPSA) is 79.7 Å². The highest BCUT2D eigenvalue weighted by Crippen LogP contribution is 2.38. The minimum Gasteiger partial charge on any atom is -0.496 e. The summed E-state index contributed by atoms with van der Waals surface area (Å²) in [5.41, 5.74) is 4.38. The Balaban J connectivity index is 1.66. The van der Waals surface area contributed by atoms with Crippen molar-refractivity contribution in [1.29, 1.82) is 0 Å². The molecule has 1 amide bonds. The molecule has 1 unspecified atom stereocenters. The van der Waals surface area contributed by atoms with Crippen molar-refractivity contribution in [3.8, 4) is 16.9 Å². The first-order chi connectivity index (χ1) is 16.4. The number of carboxylic acids is 1. The quantitative estimate of drug-likeness (QED) is 0.567. The maximum absolute atomic E-state index is 14.8. The lowest BCUT2D eigenvalue weighted by atomic mass is 9.88. The zero-order valence-electron chi connectivity index (χ0n) is 19.3. The van der Waals surface area contributed by atoms with Crippen LogP contribution in [0.3, 0.4) is 0 Å². The molecule has 0 aliphatic carbocycles. The van der Waals surface area contributed by atoms with Gasteiger partial charge in [-0.3, -0.25) is 14.6 Å². The van der Waals surface area contributed by atoms with Gasteiger partial charge in [0.1, 0.15) is 11.6 Å². The number of pyridine rings is 1. The van der Waals surface area contributed by atoms with Gasteiger partial charge in [0.15, 0.2) is 0 Å². The lowest BCUT2D eigenvalue weighted by Gasteiger charge is -2.33. The van der Waals surface area contributed by atoms with Crippen molar-refractivity contribution in [2.24, 2.45) is 5.92 Å². The Morgan fingerprint density at radius 2 is 1.97 bits per heavy atom. The van der Waals surface area contributed by atoms with Crippen molar-refractivity contribution < 1.29 is 23.8 Å². The summed E-state index contributed by atoms with van der Waals surface area (Å²) in [5, 5.41) is 9.21. The van der Waals surface area contributed by atoms with Crippen LogP contribution in [0.4, 0.5) is 4.39 Å². The SMILES string of the molecule is COc1ccc(CC(=O)O)cc1-c1ccc(F)c2c1CN(C(=O)C(C)Cc1cccnc1)CC2. The Morgan fingerprint density at radius 1 is 1.15 bits per heavy atom. The summed E-state index contributed by atoms with van der Waals surface area (Å²) in [7, 11) is 1.54. The monoisotopic (exact) mass is 462 g/mol. The number of aromatic nitrogens is 1. The molecule has 6 nitrogen and oxygen atoms in total. The van der Waals surface area contributed by atoms with Gasteiger partial charge in [-0.15, -0.1) is 0 Å². The minimum absolute atomic E-state index is 0.0105. The summed E-state index contributed by atoms with van der Waals surface area (Å²) in [4.78, 5) is 30.4. The van der Waals surface area contributed by atoms with Gasteiger partial charge >= 0.3 is 5.97 Å². The molecule has 4 rings (SSSR count). The molecule has 176 valence electrons. The second-order valence-electron chi connectivity index (χ2n) is 8.63. The average Bonchev–Trinajstić information content (AvgIpc) is 2.84. The molecular formula is C27H27FN2O4. The molecule has 0 saturated heterocycles. The number of aliphatic carboxylic acids is 1. The molecule has 0 radical (unpaired) electrons. The number of halogens is 1. The van der Waals surface area contributed by atoms with Crippen molar-refractivity contribution in [2.75, 3.05) is 13.7 Å². The van der Waals surface area contributed by atoms with Gasteiger partial charge in [0.2, 0.25) is 5.91 Å². The lowest BCUT2D eigenvalue weighted by Crippen LogP contribution is -2.40. The summed E-state index contributed by atoms with van der Waals surface area (Å²) in [6.45, 7) is 2.63. The van der Waals surface area contributed by atoms with Crippen LogP contribution >= 0.6 is 0 Å². The number of fused-ring (bicyclic) bond motifs is 1. The summed E-state index contributed by atoms with van der Waals surface area (Å²) < 4.78 is 20.3. The van der Waals surface area contributed by atoms with Crippen molar-refractivity contribution in [3.05, 3.63) is 82.9 Å². The summed E-state index contributed by atoms with van der Waals surface area (Å²) >= 11 is 0. The number of hydrogen-bond acceptors (Lipinski definition) is 4. The van der Waals surface area contributed by atoms with E-state index >= 15 is 0 Å². The first-order valence-electron chi connectivity index (χ1n) is 11.2. The van der Waals surface area contributed by atoms with E-state index in [4.69, 9.17) is 4.74 Å². The van der Waals surface area contributed by atoms with E-state index in [0.29, 0.717) is 41.8 Å². The van der Waals surface area contributed by atoms with Crippen molar-refractivity contribution in [3.63, 3.8) is 0 Å². The van der Waals surface area contributed by atoms with Crippen LogP contribution in [0.2, 0.25) is 0 Å². The highest BCUT2D eigenvalue weighted by Gasteiger charge is 2.29. The predicted molar refractivity (Wildman–Crippen MR) is 126 cm³/mol. The Bertz CT molecular complexity index is 1210. The number of amides is 1. The molecule has 2 heterocycles.